The van der Waals surface area contributed by atoms with Crippen molar-refractivity contribution in [3.05, 3.63) is 128 Å². The lowest BCUT2D eigenvalue weighted by atomic mass is 10.1. The van der Waals surface area contributed by atoms with Crippen molar-refractivity contribution in [1.29, 1.82) is 0 Å². The van der Waals surface area contributed by atoms with Crippen LogP contribution in [0, 0.1) is 0 Å². The van der Waals surface area contributed by atoms with E-state index in [9.17, 15) is 31.5 Å². The fourth-order valence-electron chi connectivity index (χ4n) is 4.82. The minimum Gasteiger partial charge on any atom is -0.305 e. The molecule has 0 aliphatic heterocycles. The van der Waals surface area contributed by atoms with Gasteiger partial charge < -0.3 is 4.57 Å². The molecule has 0 radical (unpaired) electrons. The zero-order valence-electron chi connectivity index (χ0n) is 23.6. The standard InChI is InChI=1S/C17H13F3N2O.C16H11ClF2N2O/c1-2-22-14-6-4-3-5-13(14)21-15(16(22)23)11-7-9-12(10-8-11)17(18,19)20;17-11-7-5-10(6-8-11)15-16(22)21(9-14(18)19)13-4-2-1-3-12(13)20-15/h3-10H,2H2,1H3;1-8,14H,9H2. The third kappa shape index (κ3) is 6.78. The molecule has 0 spiro atoms. The van der Waals surface area contributed by atoms with Gasteiger partial charge in [-0.25, -0.2) is 18.7 Å². The molecule has 6 nitrogen and oxygen atoms in total. The van der Waals surface area contributed by atoms with Crippen LogP contribution >= 0.6 is 11.6 Å². The first-order valence-electron chi connectivity index (χ1n) is 13.7. The Morgan fingerprint density at radius 2 is 1.13 bits per heavy atom. The molecule has 12 heteroatoms. The van der Waals surface area contributed by atoms with Gasteiger partial charge in [-0.2, -0.15) is 13.2 Å². The number of hydrogen-bond acceptors (Lipinski definition) is 4. The number of alkyl halides is 5. The highest BCUT2D eigenvalue weighted by Gasteiger charge is 2.30. The van der Waals surface area contributed by atoms with E-state index < -0.39 is 30.3 Å². The van der Waals surface area contributed by atoms with Crippen LogP contribution in [0.4, 0.5) is 22.0 Å². The number of benzene rings is 4. The van der Waals surface area contributed by atoms with Crippen LogP contribution in [0.1, 0.15) is 12.5 Å². The van der Waals surface area contributed by atoms with Gasteiger partial charge in [0, 0.05) is 22.7 Å². The third-order valence-corrected chi connectivity index (χ3v) is 7.20. The molecule has 0 saturated carbocycles. The first-order chi connectivity index (χ1) is 21.5. The Morgan fingerprint density at radius 1 is 0.689 bits per heavy atom. The van der Waals surface area contributed by atoms with Crippen molar-refractivity contribution in [2.24, 2.45) is 0 Å². The molecule has 6 rings (SSSR count). The van der Waals surface area contributed by atoms with Crippen LogP contribution in [0.2, 0.25) is 5.02 Å². The molecule has 0 N–H and O–H groups in total. The number of rotatable bonds is 5. The molecule has 0 saturated heterocycles. The summed E-state index contributed by atoms with van der Waals surface area (Å²) >= 11 is 5.83. The summed E-state index contributed by atoms with van der Waals surface area (Å²) in [5, 5.41) is 0.525. The van der Waals surface area contributed by atoms with E-state index in [1.54, 1.807) is 71.3 Å². The monoisotopic (exact) mass is 638 g/mol. The predicted molar refractivity (Wildman–Crippen MR) is 165 cm³/mol. The third-order valence-electron chi connectivity index (χ3n) is 6.95. The van der Waals surface area contributed by atoms with E-state index >= 15 is 0 Å². The van der Waals surface area contributed by atoms with Crippen molar-refractivity contribution in [3.63, 3.8) is 0 Å². The molecule has 0 amide bonds. The van der Waals surface area contributed by atoms with Gasteiger partial charge in [-0.05, 0) is 55.5 Å². The molecule has 0 fully saturated rings. The van der Waals surface area contributed by atoms with Crippen LogP contribution in [-0.2, 0) is 19.3 Å². The highest BCUT2D eigenvalue weighted by Crippen LogP contribution is 2.30. The summed E-state index contributed by atoms with van der Waals surface area (Å²) in [6.07, 6.45) is -7.03. The molecule has 0 aliphatic carbocycles. The Bertz CT molecular complexity index is 2090. The fraction of sp³-hybridized carbons (Fsp3) is 0.152. The van der Waals surface area contributed by atoms with Gasteiger partial charge in [-0.3, -0.25) is 14.2 Å². The predicted octanol–water partition coefficient (Wildman–Crippen LogP) is 8.08. The SMILES string of the molecule is CCn1c(=O)c(-c2ccc(C(F)(F)F)cc2)nc2ccccc21.O=c1c(-c2ccc(Cl)cc2)nc2ccccc2n1CC(F)F. The van der Waals surface area contributed by atoms with Crippen molar-refractivity contribution < 1.29 is 22.0 Å². The van der Waals surface area contributed by atoms with Crippen LogP contribution in [0.25, 0.3) is 44.6 Å². The highest BCUT2D eigenvalue weighted by molar-refractivity contribution is 6.30. The van der Waals surface area contributed by atoms with Gasteiger partial charge >= 0.3 is 6.18 Å². The molecule has 230 valence electrons. The molecule has 6 aromatic rings. The van der Waals surface area contributed by atoms with Crippen LogP contribution in [0.3, 0.4) is 0 Å². The number of fused-ring (bicyclic) bond motifs is 2. The molecule has 0 atom stereocenters. The van der Waals surface area contributed by atoms with Gasteiger partial charge in [0.2, 0.25) is 0 Å². The van der Waals surface area contributed by atoms with Crippen molar-refractivity contribution in [2.45, 2.75) is 32.6 Å². The summed E-state index contributed by atoms with van der Waals surface area (Å²) in [7, 11) is 0. The van der Waals surface area contributed by atoms with Gasteiger partial charge in [0.15, 0.2) is 0 Å². The number of aromatic nitrogens is 4. The normalized spacial score (nSPS) is 11.6. The molecule has 0 bridgehead atoms. The maximum Gasteiger partial charge on any atom is 0.416 e. The van der Waals surface area contributed by atoms with E-state index in [0.717, 1.165) is 16.7 Å². The molecule has 2 heterocycles. The Balaban J connectivity index is 0.000000178. The van der Waals surface area contributed by atoms with E-state index in [2.05, 4.69) is 9.97 Å². The van der Waals surface area contributed by atoms with Crippen molar-refractivity contribution in [1.82, 2.24) is 19.1 Å². The lowest BCUT2D eigenvalue weighted by Gasteiger charge is -2.12. The lowest BCUT2D eigenvalue weighted by molar-refractivity contribution is -0.137. The second-order valence-electron chi connectivity index (χ2n) is 9.84. The summed E-state index contributed by atoms with van der Waals surface area (Å²) < 4.78 is 66.2. The van der Waals surface area contributed by atoms with Gasteiger partial charge in [0.05, 0.1) is 34.2 Å². The van der Waals surface area contributed by atoms with Gasteiger partial charge in [0.25, 0.3) is 17.5 Å². The van der Waals surface area contributed by atoms with Crippen LogP contribution in [-0.4, -0.2) is 25.5 Å². The maximum absolute atomic E-state index is 12.8. The summed E-state index contributed by atoms with van der Waals surface area (Å²) in [4.78, 5) is 33.8. The number of halogens is 6. The quantitative estimate of drug-likeness (QED) is 0.179. The smallest absolute Gasteiger partial charge is 0.305 e. The van der Waals surface area contributed by atoms with E-state index in [1.165, 1.54) is 12.1 Å². The summed E-state index contributed by atoms with van der Waals surface area (Å²) in [5.74, 6) is 0. The van der Waals surface area contributed by atoms with E-state index in [4.69, 9.17) is 11.6 Å². The largest absolute Gasteiger partial charge is 0.416 e. The molecule has 45 heavy (non-hydrogen) atoms. The molecule has 4 aromatic carbocycles. The average Bonchev–Trinajstić information content (AvgIpc) is 3.02. The molecule has 2 aromatic heterocycles. The lowest BCUT2D eigenvalue weighted by Crippen LogP contribution is -2.26. The summed E-state index contributed by atoms with van der Waals surface area (Å²) in [6, 6.07) is 24.9. The van der Waals surface area contributed by atoms with Crippen molar-refractivity contribution in [3.8, 4) is 22.5 Å². The highest BCUT2D eigenvalue weighted by atomic mass is 35.5. The number of para-hydroxylation sites is 4. The Morgan fingerprint density at radius 3 is 1.60 bits per heavy atom. The molecule has 0 unspecified atom stereocenters. The summed E-state index contributed by atoms with van der Waals surface area (Å²) in [5.41, 5.74) is 1.82. The van der Waals surface area contributed by atoms with E-state index in [1.807, 2.05) is 13.0 Å². The fourth-order valence-corrected chi connectivity index (χ4v) is 4.95. The second-order valence-corrected chi connectivity index (χ2v) is 10.3. The number of hydrogen-bond donors (Lipinski definition) is 0. The van der Waals surface area contributed by atoms with Gasteiger partial charge in [-0.15, -0.1) is 0 Å². The zero-order chi connectivity index (χ0) is 32.3. The van der Waals surface area contributed by atoms with Crippen molar-refractivity contribution >= 4 is 33.7 Å². The molecule has 0 aliphatic rings. The van der Waals surface area contributed by atoms with Gasteiger partial charge in [-0.1, -0.05) is 60.1 Å². The average molecular weight is 639 g/mol. The maximum atomic E-state index is 12.8. The van der Waals surface area contributed by atoms with Crippen LogP contribution in [0.5, 0.6) is 0 Å². The molecular weight excluding hydrogens is 615 g/mol. The van der Waals surface area contributed by atoms with E-state index in [0.29, 0.717) is 44.8 Å². The minimum atomic E-state index is -4.40. The number of nitrogens with zero attached hydrogens (tertiary/aromatic N) is 4. The second kappa shape index (κ2) is 13.0. The van der Waals surface area contributed by atoms with Crippen molar-refractivity contribution in [2.75, 3.05) is 0 Å². The van der Waals surface area contributed by atoms with Crippen LogP contribution in [0.15, 0.2) is 107 Å². The van der Waals surface area contributed by atoms with Crippen LogP contribution < -0.4 is 11.1 Å². The Hall–Kier alpha value is -4.90. The first kappa shape index (κ1) is 31.5. The number of aryl methyl sites for hydroxylation is 1. The Labute approximate surface area is 258 Å². The first-order valence-corrected chi connectivity index (χ1v) is 14.1. The minimum absolute atomic E-state index is 0.135. The zero-order valence-corrected chi connectivity index (χ0v) is 24.4. The topological polar surface area (TPSA) is 69.8 Å². The summed E-state index contributed by atoms with van der Waals surface area (Å²) in [6.45, 7) is 1.63. The molecular formula is C33H24ClF5N4O2. The van der Waals surface area contributed by atoms with Gasteiger partial charge in [0.1, 0.15) is 11.4 Å². The van der Waals surface area contributed by atoms with E-state index in [-0.39, 0.29) is 16.9 Å². The Kier molecular flexibility index (Phi) is 9.10.